The first kappa shape index (κ1) is 13.3. The molecule has 8 heteroatoms. The second-order valence-electron chi connectivity index (χ2n) is 3.21. The lowest BCUT2D eigenvalue weighted by Crippen LogP contribution is -2.30. The van der Waals surface area contributed by atoms with Gasteiger partial charge in [0.05, 0.1) is 5.25 Å². The Morgan fingerprint density at radius 2 is 2.12 bits per heavy atom. The SMILES string of the molecule is Cc1noc(C(C)SCC(O)C(F)(F)F)n1. The van der Waals surface area contributed by atoms with Gasteiger partial charge in [-0.3, -0.25) is 0 Å². The van der Waals surface area contributed by atoms with Crippen molar-refractivity contribution in [2.45, 2.75) is 31.4 Å². The smallest absolute Gasteiger partial charge is 0.383 e. The summed E-state index contributed by atoms with van der Waals surface area (Å²) in [7, 11) is 0. The number of aliphatic hydroxyl groups excluding tert-OH is 1. The monoisotopic (exact) mass is 256 g/mol. The number of hydrogen-bond donors (Lipinski definition) is 1. The first-order chi connectivity index (χ1) is 7.30. The predicted octanol–water partition coefficient (Wildman–Crippen LogP) is 2.10. The van der Waals surface area contributed by atoms with Gasteiger partial charge in [-0.15, -0.1) is 11.8 Å². The van der Waals surface area contributed by atoms with Crippen LogP contribution in [0, 0.1) is 6.92 Å². The lowest BCUT2D eigenvalue weighted by molar-refractivity contribution is -0.195. The van der Waals surface area contributed by atoms with Gasteiger partial charge in [-0.1, -0.05) is 5.16 Å². The predicted molar refractivity (Wildman–Crippen MR) is 52.0 cm³/mol. The molecule has 0 aliphatic carbocycles. The molecule has 0 saturated carbocycles. The number of alkyl halides is 3. The quantitative estimate of drug-likeness (QED) is 0.893. The highest BCUT2D eigenvalue weighted by Gasteiger charge is 2.38. The first-order valence-electron chi connectivity index (χ1n) is 4.47. The van der Waals surface area contributed by atoms with E-state index in [1.807, 2.05) is 0 Å². The fourth-order valence-corrected chi connectivity index (χ4v) is 1.78. The molecule has 2 atom stereocenters. The van der Waals surface area contributed by atoms with Crippen LogP contribution in [-0.2, 0) is 0 Å². The van der Waals surface area contributed by atoms with Crippen molar-refractivity contribution in [1.29, 1.82) is 0 Å². The van der Waals surface area contributed by atoms with Crippen LogP contribution in [0.3, 0.4) is 0 Å². The number of rotatable bonds is 4. The Kier molecular flexibility index (Phi) is 4.20. The molecule has 16 heavy (non-hydrogen) atoms. The topological polar surface area (TPSA) is 59.2 Å². The second-order valence-corrected chi connectivity index (χ2v) is 4.59. The van der Waals surface area contributed by atoms with Gasteiger partial charge in [0.1, 0.15) is 0 Å². The Balaban J connectivity index is 2.44. The zero-order valence-corrected chi connectivity index (χ0v) is 9.47. The number of aliphatic hydroxyl groups is 1. The number of nitrogens with zero attached hydrogens (tertiary/aromatic N) is 2. The van der Waals surface area contributed by atoms with E-state index in [9.17, 15) is 13.2 Å². The molecule has 4 nitrogen and oxygen atoms in total. The average molecular weight is 256 g/mol. The van der Waals surface area contributed by atoms with E-state index in [1.54, 1.807) is 13.8 Å². The van der Waals surface area contributed by atoms with E-state index in [-0.39, 0.29) is 11.1 Å². The minimum atomic E-state index is -4.59. The van der Waals surface area contributed by atoms with Crippen LogP contribution < -0.4 is 0 Å². The maximum Gasteiger partial charge on any atom is 0.415 e. The molecule has 0 amide bonds. The van der Waals surface area contributed by atoms with Gasteiger partial charge in [-0.05, 0) is 13.8 Å². The molecule has 1 N–H and O–H groups in total. The Hall–Kier alpha value is -0.760. The summed E-state index contributed by atoms with van der Waals surface area (Å²) in [6.45, 7) is 3.26. The van der Waals surface area contributed by atoms with Gasteiger partial charge < -0.3 is 9.63 Å². The number of hydrogen-bond acceptors (Lipinski definition) is 5. The molecule has 2 unspecified atom stereocenters. The van der Waals surface area contributed by atoms with E-state index in [2.05, 4.69) is 10.1 Å². The molecule has 1 heterocycles. The van der Waals surface area contributed by atoms with Gasteiger partial charge in [0.25, 0.3) is 0 Å². The summed E-state index contributed by atoms with van der Waals surface area (Å²) in [6, 6.07) is 0. The minimum Gasteiger partial charge on any atom is -0.383 e. The summed E-state index contributed by atoms with van der Waals surface area (Å²) < 4.78 is 40.8. The van der Waals surface area contributed by atoms with Crippen molar-refractivity contribution >= 4 is 11.8 Å². The highest BCUT2D eigenvalue weighted by atomic mass is 32.2. The summed E-state index contributed by atoms with van der Waals surface area (Å²) in [6.07, 6.45) is -6.92. The molecule has 1 aromatic heterocycles. The van der Waals surface area contributed by atoms with E-state index in [0.717, 1.165) is 11.8 Å². The normalized spacial score (nSPS) is 16.1. The Morgan fingerprint density at radius 1 is 1.50 bits per heavy atom. The van der Waals surface area contributed by atoms with E-state index in [4.69, 9.17) is 9.63 Å². The van der Waals surface area contributed by atoms with Crippen LogP contribution in [0.5, 0.6) is 0 Å². The summed E-state index contributed by atoms with van der Waals surface area (Å²) in [5.41, 5.74) is 0. The zero-order chi connectivity index (χ0) is 12.3. The van der Waals surface area contributed by atoms with Crippen molar-refractivity contribution in [3.8, 4) is 0 Å². The fraction of sp³-hybridized carbons (Fsp3) is 0.750. The van der Waals surface area contributed by atoms with Crippen molar-refractivity contribution in [3.63, 3.8) is 0 Å². The van der Waals surface area contributed by atoms with Crippen molar-refractivity contribution in [2.24, 2.45) is 0 Å². The van der Waals surface area contributed by atoms with Crippen molar-refractivity contribution in [1.82, 2.24) is 10.1 Å². The Morgan fingerprint density at radius 3 is 2.56 bits per heavy atom. The van der Waals surface area contributed by atoms with Crippen LogP contribution in [0.2, 0.25) is 0 Å². The maximum atomic E-state index is 12.0. The number of thioether (sulfide) groups is 1. The van der Waals surface area contributed by atoms with Gasteiger partial charge in [-0.2, -0.15) is 18.2 Å². The number of aryl methyl sites for hydroxylation is 1. The van der Waals surface area contributed by atoms with Crippen LogP contribution in [-0.4, -0.2) is 33.3 Å². The van der Waals surface area contributed by atoms with Gasteiger partial charge in [0, 0.05) is 5.75 Å². The molecular formula is C8H11F3N2O2S. The van der Waals surface area contributed by atoms with E-state index < -0.39 is 18.0 Å². The fourth-order valence-electron chi connectivity index (χ4n) is 0.880. The lowest BCUT2D eigenvalue weighted by atomic mass is 10.4. The highest BCUT2D eigenvalue weighted by Crippen LogP contribution is 2.31. The van der Waals surface area contributed by atoms with E-state index in [1.165, 1.54) is 0 Å². The van der Waals surface area contributed by atoms with Crippen LogP contribution in [0.15, 0.2) is 4.52 Å². The third kappa shape index (κ3) is 3.67. The molecule has 0 aromatic carbocycles. The molecule has 1 aromatic rings. The van der Waals surface area contributed by atoms with Gasteiger partial charge >= 0.3 is 6.18 Å². The van der Waals surface area contributed by atoms with Crippen LogP contribution in [0.1, 0.15) is 23.9 Å². The van der Waals surface area contributed by atoms with Gasteiger partial charge in [-0.25, -0.2) is 0 Å². The van der Waals surface area contributed by atoms with Crippen LogP contribution >= 0.6 is 11.8 Å². The molecule has 0 radical (unpaired) electrons. The van der Waals surface area contributed by atoms with Crippen molar-refractivity contribution < 1.29 is 22.8 Å². The molecular weight excluding hydrogens is 245 g/mol. The first-order valence-corrected chi connectivity index (χ1v) is 5.52. The largest absolute Gasteiger partial charge is 0.415 e. The van der Waals surface area contributed by atoms with Gasteiger partial charge in [0.15, 0.2) is 11.9 Å². The summed E-state index contributed by atoms with van der Waals surface area (Å²) in [5.74, 6) is 0.238. The molecule has 0 fully saturated rings. The maximum absolute atomic E-state index is 12.0. The molecule has 0 bridgehead atoms. The standard InChI is InChI=1S/C8H11F3N2O2S/c1-4(7-12-5(2)13-15-7)16-3-6(14)8(9,10)11/h4,6,14H,3H2,1-2H3. The molecule has 0 aliphatic heterocycles. The van der Waals surface area contributed by atoms with E-state index in [0.29, 0.717) is 5.82 Å². The zero-order valence-electron chi connectivity index (χ0n) is 8.65. The Labute approximate surface area is 94.2 Å². The molecule has 1 rings (SSSR count). The highest BCUT2D eigenvalue weighted by molar-refractivity contribution is 7.99. The lowest BCUT2D eigenvalue weighted by Gasteiger charge is -2.15. The molecule has 0 spiro atoms. The average Bonchev–Trinajstić information content (AvgIpc) is 2.59. The van der Waals surface area contributed by atoms with E-state index >= 15 is 0 Å². The summed E-state index contributed by atoms with van der Waals surface area (Å²) in [4.78, 5) is 3.89. The third-order valence-corrected chi connectivity index (χ3v) is 2.98. The molecule has 92 valence electrons. The molecule has 0 aliphatic rings. The summed E-state index contributed by atoms with van der Waals surface area (Å²) >= 11 is 0.912. The number of halogens is 3. The number of aromatic nitrogens is 2. The second kappa shape index (κ2) is 5.05. The summed E-state index contributed by atoms with van der Waals surface area (Å²) in [5, 5.41) is 11.9. The molecule has 0 saturated heterocycles. The van der Waals surface area contributed by atoms with Crippen molar-refractivity contribution in [3.05, 3.63) is 11.7 Å². The van der Waals surface area contributed by atoms with Crippen LogP contribution in [0.25, 0.3) is 0 Å². The Bertz CT molecular complexity index is 342. The third-order valence-electron chi connectivity index (χ3n) is 1.77. The van der Waals surface area contributed by atoms with Crippen LogP contribution in [0.4, 0.5) is 13.2 Å². The van der Waals surface area contributed by atoms with Crippen molar-refractivity contribution in [2.75, 3.05) is 5.75 Å². The van der Waals surface area contributed by atoms with Gasteiger partial charge in [0.2, 0.25) is 5.89 Å². The minimum absolute atomic E-state index is 0.261.